The Hall–Kier alpha value is -2.24. The molecule has 1 N–H and O–H groups in total. The Bertz CT molecular complexity index is 506. The van der Waals surface area contributed by atoms with Crippen molar-refractivity contribution in [2.75, 3.05) is 0 Å². The lowest BCUT2D eigenvalue weighted by molar-refractivity contribution is 0.0933. The molecule has 0 spiro atoms. The monoisotopic (exact) mass is 245 g/mol. The van der Waals surface area contributed by atoms with Crippen LogP contribution >= 0.6 is 0 Å². The van der Waals surface area contributed by atoms with Gasteiger partial charge in [-0.25, -0.2) is 4.98 Å². The van der Waals surface area contributed by atoms with Crippen molar-refractivity contribution in [3.63, 3.8) is 0 Å². The SMILES string of the molecule is CCC(C)NC(=O)c1ccc(-n2ccnc2)nn1. The number of nitrogens with zero attached hydrogens (tertiary/aromatic N) is 4. The summed E-state index contributed by atoms with van der Waals surface area (Å²) in [7, 11) is 0. The lowest BCUT2D eigenvalue weighted by atomic mass is 10.2. The Morgan fingerprint density at radius 2 is 2.28 bits per heavy atom. The summed E-state index contributed by atoms with van der Waals surface area (Å²) in [5, 5.41) is 10.7. The highest BCUT2D eigenvalue weighted by Crippen LogP contribution is 2.03. The van der Waals surface area contributed by atoms with E-state index in [0.717, 1.165) is 6.42 Å². The van der Waals surface area contributed by atoms with Crippen LogP contribution in [0.3, 0.4) is 0 Å². The number of imidazole rings is 1. The minimum absolute atomic E-state index is 0.132. The highest BCUT2D eigenvalue weighted by molar-refractivity contribution is 5.92. The van der Waals surface area contributed by atoms with Crippen molar-refractivity contribution in [1.29, 1.82) is 0 Å². The molecule has 2 rings (SSSR count). The predicted octanol–water partition coefficient (Wildman–Crippen LogP) is 1.19. The van der Waals surface area contributed by atoms with Gasteiger partial charge in [-0.1, -0.05) is 6.92 Å². The van der Waals surface area contributed by atoms with Crippen molar-refractivity contribution in [2.24, 2.45) is 0 Å². The van der Waals surface area contributed by atoms with E-state index in [9.17, 15) is 4.79 Å². The van der Waals surface area contributed by atoms with Crippen molar-refractivity contribution in [3.8, 4) is 5.82 Å². The number of rotatable bonds is 4. The zero-order valence-corrected chi connectivity index (χ0v) is 10.4. The summed E-state index contributed by atoms with van der Waals surface area (Å²) in [5.41, 5.74) is 0.319. The number of nitrogens with one attached hydrogen (secondary N) is 1. The molecule has 0 aromatic carbocycles. The molecule has 94 valence electrons. The van der Waals surface area contributed by atoms with E-state index in [2.05, 4.69) is 20.5 Å². The first-order valence-corrected chi connectivity index (χ1v) is 5.83. The molecule has 0 saturated heterocycles. The normalized spacial score (nSPS) is 12.1. The summed E-state index contributed by atoms with van der Waals surface area (Å²) in [4.78, 5) is 15.7. The molecule has 0 aliphatic rings. The molecule has 1 unspecified atom stereocenters. The molecule has 2 heterocycles. The van der Waals surface area contributed by atoms with Crippen molar-refractivity contribution >= 4 is 5.91 Å². The quantitative estimate of drug-likeness (QED) is 0.878. The number of carbonyl (C=O) groups excluding carboxylic acids is 1. The van der Waals surface area contributed by atoms with Crippen LogP contribution in [0, 0.1) is 0 Å². The molecule has 0 saturated carbocycles. The summed E-state index contributed by atoms with van der Waals surface area (Å²) < 4.78 is 1.73. The first-order valence-electron chi connectivity index (χ1n) is 5.83. The molecule has 0 fully saturated rings. The third kappa shape index (κ3) is 2.71. The second-order valence-corrected chi connectivity index (χ2v) is 4.03. The van der Waals surface area contributed by atoms with Gasteiger partial charge in [0.1, 0.15) is 6.33 Å². The average Bonchev–Trinajstić information content (AvgIpc) is 2.92. The van der Waals surface area contributed by atoms with Crippen LogP contribution in [0.1, 0.15) is 30.8 Å². The molecule has 0 radical (unpaired) electrons. The molecule has 2 aromatic heterocycles. The molecule has 1 atom stereocenters. The van der Waals surface area contributed by atoms with Crippen LogP contribution in [0.5, 0.6) is 0 Å². The molecule has 1 amide bonds. The fourth-order valence-corrected chi connectivity index (χ4v) is 1.38. The number of hydrogen-bond acceptors (Lipinski definition) is 4. The van der Waals surface area contributed by atoms with Crippen LogP contribution in [0.15, 0.2) is 30.9 Å². The van der Waals surface area contributed by atoms with Crippen molar-refractivity contribution in [1.82, 2.24) is 25.1 Å². The van der Waals surface area contributed by atoms with Crippen LogP contribution in [0.4, 0.5) is 0 Å². The summed E-state index contributed by atoms with van der Waals surface area (Å²) in [6.45, 7) is 3.96. The van der Waals surface area contributed by atoms with Crippen LogP contribution in [-0.2, 0) is 0 Å². The van der Waals surface area contributed by atoms with Gasteiger partial charge in [0.2, 0.25) is 0 Å². The van der Waals surface area contributed by atoms with E-state index < -0.39 is 0 Å². The maximum absolute atomic E-state index is 11.8. The fourth-order valence-electron chi connectivity index (χ4n) is 1.38. The van der Waals surface area contributed by atoms with E-state index in [4.69, 9.17) is 0 Å². The second-order valence-electron chi connectivity index (χ2n) is 4.03. The molecule has 2 aromatic rings. The minimum atomic E-state index is -0.200. The Balaban J connectivity index is 2.10. The zero-order valence-electron chi connectivity index (χ0n) is 10.4. The third-order valence-electron chi connectivity index (χ3n) is 2.64. The number of carbonyl (C=O) groups is 1. The molecule has 0 aliphatic heterocycles. The summed E-state index contributed by atoms with van der Waals surface area (Å²) >= 11 is 0. The third-order valence-corrected chi connectivity index (χ3v) is 2.64. The van der Waals surface area contributed by atoms with Gasteiger partial charge in [-0.3, -0.25) is 9.36 Å². The fraction of sp³-hybridized carbons (Fsp3) is 0.333. The molecule has 6 heteroatoms. The van der Waals surface area contributed by atoms with Crippen LogP contribution in [0.25, 0.3) is 5.82 Å². The van der Waals surface area contributed by atoms with E-state index >= 15 is 0 Å². The standard InChI is InChI=1S/C12H15N5O/c1-3-9(2)14-12(18)10-4-5-11(16-15-10)17-7-6-13-8-17/h4-9H,3H2,1-2H3,(H,14,18). The average molecular weight is 245 g/mol. The lowest BCUT2D eigenvalue weighted by Gasteiger charge is -2.10. The van der Waals surface area contributed by atoms with Gasteiger partial charge in [-0.05, 0) is 25.5 Å². The van der Waals surface area contributed by atoms with Crippen LogP contribution < -0.4 is 5.32 Å². The summed E-state index contributed by atoms with van der Waals surface area (Å²) in [6, 6.07) is 3.52. The van der Waals surface area contributed by atoms with Gasteiger partial charge in [0.05, 0.1) is 0 Å². The summed E-state index contributed by atoms with van der Waals surface area (Å²) in [5.74, 6) is 0.432. The Labute approximate surface area is 105 Å². The van der Waals surface area contributed by atoms with E-state index in [1.165, 1.54) is 0 Å². The van der Waals surface area contributed by atoms with Crippen molar-refractivity contribution in [3.05, 3.63) is 36.5 Å². The maximum atomic E-state index is 11.8. The molecule has 18 heavy (non-hydrogen) atoms. The van der Waals surface area contributed by atoms with Gasteiger partial charge in [0.25, 0.3) is 5.91 Å². The number of hydrogen-bond donors (Lipinski definition) is 1. The largest absolute Gasteiger partial charge is 0.348 e. The smallest absolute Gasteiger partial charge is 0.272 e. The van der Waals surface area contributed by atoms with Crippen LogP contribution in [0.2, 0.25) is 0 Å². The van der Waals surface area contributed by atoms with Gasteiger partial charge in [-0.15, -0.1) is 10.2 Å². The van der Waals surface area contributed by atoms with Crippen molar-refractivity contribution in [2.45, 2.75) is 26.3 Å². The minimum Gasteiger partial charge on any atom is -0.348 e. The van der Waals surface area contributed by atoms with Crippen LogP contribution in [-0.4, -0.2) is 31.7 Å². The van der Waals surface area contributed by atoms with Crippen molar-refractivity contribution < 1.29 is 4.79 Å². The molecule has 0 bridgehead atoms. The van der Waals surface area contributed by atoms with E-state index in [0.29, 0.717) is 11.5 Å². The predicted molar refractivity (Wildman–Crippen MR) is 66.4 cm³/mol. The lowest BCUT2D eigenvalue weighted by Crippen LogP contribution is -2.32. The molecule has 6 nitrogen and oxygen atoms in total. The van der Waals surface area contributed by atoms with Gasteiger partial charge in [0.15, 0.2) is 11.5 Å². The first kappa shape index (κ1) is 12.2. The zero-order chi connectivity index (χ0) is 13.0. The Kier molecular flexibility index (Phi) is 3.66. The number of amides is 1. The highest BCUT2D eigenvalue weighted by Gasteiger charge is 2.10. The molecular formula is C12H15N5O. The van der Waals surface area contributed by atoms with Gasteiger partial charge < -0.3 is 5.32 Å². The Morgan fingerprint density at radius 3 is 2.83 bits per heavy atom. The van der Waals surface area contributed by atoms with Gasteiger partial charge in [-0.2, -0.15) is 0 Å². The second kappa shape index (κ2) is 5.39. The van der Waals surface area contributed by atoms with Gasteiger partial charge >= 0.3 is 0 Å². The van der Waals surface area contributed by atoms with E-state index in [1.54, 1.807) is 35.4 Å². The highest BCUT2D eigenvalue weighted by atomic mass is 16.2. The van der Waals surface area contributed by atoms with Gasteiger partial charge in [0, 0.05) is 18.4 Å². The van der Waals surface area contributed by atoms with E-state index in [-0.39, 0.29) is 11.9 Å². The Morgan fingerprint density at radius 1 is 1.44 bits per heavy atom. The topological polar surface area (TPSA) is 72.7 Å². The maximum Gasteiger partial charge on any atom is 0.272 e. The first-order chi connectivity index (χ1) is 8.70. The number of aromatic nitrogens is 4. The van der Waals surface area contributed by atoms with E-state index in [1.807, 2.05) is 13.8 Å². The molecular weight excluding hydrogens is 230 g/mol. The molecule has 0 aliphatic carbocycles. The summed E-state index contributed by atoms with van der Waals surface area (Å²) in [6.07, 6.45) is 5.93.